The van der Waals surface area contributed by atoms with Crippen LogP contribution in [0.4, 0.5) is 0 Å². The summed E-state index contributed by atoms with van der Waals surface area (Å²) in [6.45, 7) is 0. The standard InChI is InChI=1S/C46H29NO/c1-3-11-30(12-4-1)35-25-36(31-13-5-2-6-14-31)27-37(26-35)32-19-21-38(22-20-32)47-42-18-10-9-17-40(42)45-43(47)24-23-39-41-28-33-15-7-8-16-34(33)29-44(41)48-46(39)45/h1-29H. The minimum Gasteiger partial charge on any atom is -0.455 e. The summed E-state index contributed by atoms with van der Waals surface area (Å²) in [6, 6.07) is 63.2. The third-order valence-corrected chi connectivity index (χ3v) is 9.75. The predicted molar refractivity (Wildman–Crippen MR) is 202 cm³/mol. The minimum atomic E-state index is 0.921. The molecule has 0 atom stereocenters. The number of furan rings is 1. The molecule has 0 unspecified atom stereocenters. The zero-order valence-corrected chi connectivity index (χ0v) is 26.1. The molecule has 0 aliphatic carbocycles. The molecule has 0 aliphatic rings. The highest BCUT2D eigenvalue weighted by Gasteiger charge is 2.19. The Bertz CT molecular complexity index is 2750. The zero-order chi connectivity index (χ0) is 31.6. The fourth-order valence-electron chi connectivity index (χ4n) is 7.44. The van der Waals surface area contributed by atoms with Gasteiger partial charge in [0.1, 0.15) is 11.2 Å². The molecule has 0 saturated heterocycles. The van der Waals surface area contributed by atoms with Crippen LogP contribution in [0.3, 0.4) is 0 Å². The smallest absolute Gasteiger partial charge is 0.145 e. The van der Waals surface area contributed by atoms with Crippen molar-refractivity contribution in [1.29, 1.82) is 0 Å². The Morgan fingerprint density at radius 2 is 0.917 bits per heavy atom. The largest absolute Gasteiger partial charge is 0.455 e. The van der Waals surface area contributed by atoms with E-state index in [-0.39, 0.29) is 0 Å². The summed E-state index contributed by atoms with van der Waals surface area (Å²) >= 11 is 0. The van der Waals surface area contributed by atoms with Crippen molar-refractivity contribution in [3.63, 3.8) is 0 Å². The molecule has 0 N–H and O–H groups in total. The van der Waals surface area contributed by atoms with Crippen molar-refractivity contribution in [2.45, 2.75) is 0 Å². The Morgan fingerprint density at radius 3 is 1.58 bits per heavy atom. The van der Waals surface area contributed by atoms with Crippen LogP contribution in [-0.2, 0) is 0 Å². The second-order valence-electron chi connectivity index (χ2n) is 12.6. The number of benzene rings is 8. The number of nitrogens with zero attached hydrogens (tertiary/aromatic N) is 1. The Hall–Kier alpha value is -6.38. The van der Waals surface area contributed by atoms with E-state index in [0.29, 0.717) is 0 Å². The zero-order valence-electron chi connectivity index (χ0n) is 26.1. The lowest BCUT2D eigenvalue weighted by molar-refractivity contribution is 0.673. The summed E-state index contributed by atoms with van der Waals surface area (Å²) in [5, 5.41) is 7.05. The average Bonchev–Trinajstić information content (AvgIpc) is 3.69. The van der Waals surface area contributed by atoms with Gasteiger partial charge in [0.2, 0.25) is 0 Å². The highest BCUT2D eigenvalue weighted by molar-refractivity contribution is 6.24. The van der Waals surface area contributed by atoms with Crippen LogP contribution in [-0.4, -0.2) is 4.57 Å². The Balaban J connectivity index is 1.14. The van der Waals surface area contributed by atoms with E-state index in [1.165, 1.54) is 49.5 Å². The average molecular weight is 612 g/mol. The molecule has 2 heteroatoms. The quantitative estimate of drug-likeness (QED) is 0.194. The molecule has 10 aromatic rings. The van der Waals surface area contributed by atoms with Crippen molar-refractivity contribution < 1.29 is 4.42 Å². The number of hydrogen-bond donors (Lipinski definition) is 0. The van der Waals surface area contributed by atoms with Gasteiger partial charge >= 0.3 is 0 Å². The lowest BCUT2D eigenvalue weighted by atomic mass is 9.93. The van der Waals surface area contributed by atoms with E-state index in [1.54, 1.807) is 0 Å². The Morgan fingerprint density at radius 1 is 0.354 bits per heavy atom. The second kappa shape index (κ2) is 10.6. The van der Waals surface area contributed by atoms with Crippen LogP contribution in [0.5, 0.6) is 0 Å². The van der Waals surface area contributed by atoms with E-state index in [9.17, 15) is 0 Å². The topological polar surface area (TPSA) is 18.1 Å². The lowest BCUT2D eigenvalue weighted by Gasteiger charge is -2.13. The van der Waals surface area contributed by atoms with Crippen molar-refractivity contribution in [1.82, 2.24) is 4.57 Å². The van der Waals surface area contributed by atoms with Crippen molar-refractivity contribution in [2.75, 3.05) is 0 Å². The molecule has 0 aliphatic heterocycles. The first-order chi connectivity index (χ1) is 23.8. The van der Waals surface area contributed by atoms with Crippen LogP contribution in [0, 0.1) is 0 Å². The molecule has 0 amide bonds. The second-order valence-corrected chi connectivity index (χ2v) is 12.6. The molecule has 0 fully saturated rings. The molecule has 224 valence electrons. The molecular formula is C46H29NO. The van der Waals surface area contributed by atoms with E-state index in [0.717, 1.165) is 44.0 Å². The number of para-hydroxylation sites is 1. The van der Waals surface area contributed by atoms with Gasteiger partial charge in [-0.1, -0.05) is 115 Å². The summed E-state index contributed by atoms with van der Waals surface area (Å²) < 4.78 is 9.06. The highest BCUT2D eigenvalue weighted by atomic mass is 16.3. The van der Waals surface area contributed by atoms with E-state index < -0.39 is 0 Å². The van der Waals surface area contributed by atoms with Crippen molar-refractivity contribution in [3.05, 3.63) is 176 Å². The molecule has 2 aromatic heterocycles. The summed E-state index contributed by atoms with van der Waals surface area (Å²) in [5.41, 5.74) is 12.5. The monoisotopic (exact) mass is 611 g/mol. The molecule has 2 nitrogen and oxygen atoms in total. The highest BCUT2D eigenvalue weighted by Crippen LogP contribution is 2.42. The maximum atomic E-state index is 6.69. The molecular weight excluding hydrogens is 583 g/mol. The summed E-state index contributed by atoms with van der Waals surface area (Å²) in [7, 11) is 0. The van der Waals surface area contributed by atoms with E-state index in [1.807, 2.05) is 0 Å². The molecule has 2 heterocycles. The molecule has 0 radical (unpaired) electrons. The minimum absolute atomic E-state index is 0.921. The molecule has 8 aromatic carbocycles. The number of aromatic nitrogens is 1. The fraction of sp³-hybridized carbons (Fsp3) is 0. The number of rotatable bonds is 4. The number of fused-ring (bicyclic) bond motifs is 8. The predicted octanol–water partition coefficient (Wildman–Crippen LogP) is 12.8. The summed E-state index contributed by atoms with van der Waals surface area (Å²) in [6.07, 6.45) is 0. The maximum Gasteiger partial charge on any atom is 0.145 e. The van der Waals surface area contributed by atoms with E-state index in [2.05, 4.69) is 180 Å². The molecule has 48 heavy (non-hydrogen) atoms. The normalized spacial score (nSPS) is 11.8. The van der Waals surface area contributed by atoms with Crippen molar-refractivity contribution >= 4 is 54.5 Å². The van der Waals surface area contributed by atoms with Crippen LogP contribution < -0.4 is 0 Å². The molecule has 0 bridgehead atoms. The van der Waals surface area contributed by atoms with E-state index in [4.69, 9.17) is 4.42 Å². The van der Waals surface area contributed by atoms with Gasteiger partial charge in [0.25, 0.3) is 0 Å². The van der Waals surface area contributed by atoms with Crippen molar-refractivity contribution in [3.8, 4) is 39.1 Å². The first-order valence-corrected chi connectivity index (χ1v) is 16.4. The molecule has 0 saturated carbocycles. The van der Waals surface area contributed by atoms with Gasteiger partial charge in [-0.3, -0.25) is 0 Å². The number of hydrogen-bond acceptors (Lipinski definition) is 1. The van der Waals surface area contributed by atoms with Crippen LogP contribution in [0.15, 0.2) is 180 Å². The van der Waals surface area contributed by atoms with Gasteiger partial charge in [-0.2, -0.15) is 0 Å². The Labute approximate surface area is 277 Å². The van der Waals surface area contributed by atoms with Gasteiger partial charge in [-0.25, -0.2) is 0 Å². The van der Waals surface area contributed by atoms with Gasteiger partial charge < -0.3 is 8.98 Å². The van der Waals surface area contributed by atoms with E-state index >= 15 is 0 Å². The Kier molecular flexibility index (Phi) is 5.91. The van der Waals surface area contributed by atoms with Crippen LogP contribution in [0.1, 0.15) is 0 Å². The molecule has 0 spiro atoms. The van der Waals surface area contributed by atoms with Gasteiger partial charge in [-0.15, -0.1) is 0 Å². The SMILES string of the molecule is c1ccc(-c2cc(-c3ccccc3)cc(-c3ccc(-n4c5ccccc5c5c6oc7cc8ccccc8cc7c6ccc54)cc3)c2)cc1. The van der Waals surface area contributed by atoms with Crippen LogP contribution >= 0.6 is 0 Å². The maximum absolute atomic E-state index is 6.69. The van der Waals surface area contributed by atoms with Crippen LogP contribution in [0.2, 0.25) is 0 Å². The van der Waals surface area contributed by atoms with Crippen molar-refractivity contribution in [2.24, 2.45) is 0 Å². The summed E-state index contributed by atoms with van der Waals surface area (Å²) in [5.74, 6) is 0. The van der Waals surface area contributed by atoms with Gasteiger partial charge in [0, 0.05) is 21.8 Å². The van der Waals surface area contributed by atoms with Gasteiger partial charge in [0.05, 0.1) is 16.4 Å². The third-order valence-electron chi connectivity index (χ3n) is 9.75. The summed E-state index contributed by atoms with van der Waals surface area (Å²) in [4.78, 5) is 0. The van der Waals surface area contributed by atoms with Gasteiger partial charge in [0.15, 0.2) is 0 Å². The first kappa shape index (κ1) is 26.8. The molecule has 10 rings (SSSR count). The van der Waals surface area contributed by atoms with Gasteiger partial charge in [-0.05, 0) is 105 Å². The third kappa shape index (κ3) is 4.20. The van der Waals surface area contributed by atoms with Crippen LogP contribution in [0.25, 0.3) is 93.6 Å². The first-order valence-electron chi connectivity index (χ1n) is 16.4. The lowest BCUT2D eigenvalue weighted by Crippen LogP contribution is -1.94. The fourth-order valence-corrected chi connectivity index (χ4v) is 7.44.